The largest absolute Gasteiger partial charge is 0.369 e. The van der Waals surface area contributed by atoms with E-state index in [0.717, 1.165) is 12.1 Å². The Labute approximate surface area is 125 Å². The van der Waals surface area contributed by atoms with E-state index in [0.29, 0.717) is 17.3 Å². The van der Waals surface area contributed by atoms with Crippen LogP contribution >= 0.6 is 0 Å². The molecule has 22 heavy (non-hydrogen) atoms. The fraction of sp³-hybridized carbons (Fsp3) is 0.125. The van der Waals surface area contributed by atoms with Crippen molar-refractivity contribution in [3.8, 4) is 0 Å². The molecule has 2 amide bonds. The lowest BCUT2D eigenvalue weighted by atomic mass is 10.0. The molecule has 0 spiro atoms. The van der Waals surface area contributed by atoms with E-state index in [1.165, 1.54) is 0 Å². The zero-order chi connectivity index (χ0) is 16.3. The van der Waals surface area contributed by atoms with E-state index in [4.69, 9.17) is 5.73 Å². The number of benzene rings is 2. The minimum absolute atomic E-state index is 0.118. The summed E-state index contributed by atoms with van der Waals surface area (Å²) < 4.78 is 26.2. The molecule has 0 aromatic heterocycles. The maximum Gasteiger partial charge on any atom is 0.255 e. The summed E-state index contributed by atoms with van der Waals surface area (Å²) in [6.07, 6.45) is 0. The third kappa shape index (κ3) is 3.66. The lowest BCUT2D eigenvalue weighted by molar-refractivity contribution is -0.119. The van der Waals surface area contributed by atoms with Crippen LogP contribution in [-0.4, -0.2) is 11.8 Å². The highest BCUT2D eigenvalue weighted by Gasteiger charge is 2.12. The summed E-state index contributed by atoms with van der Waals surface area (Å²) in [4.78, 5) is 23.0. The molecule has 4 nitrogen and oxygen atoms in total. The van der Waals surface area contributed by atoms with Gasteiger partial charge in [-0.05, 0) is 36.8 Å². The molecular formula is C16H14F2N2O2. The Morgan fingerprint density at radius 3 is 2.09 bits per heavy atom. The van der Waals surface area contributed by atoms with Crippen molar-refractivity contribution in [2.24, 2.45) is 5.73 Å². The van der Waals surface area contributed by atoms with Gasteiger partial charge in [-0.15, -0.1) is 0 Å². The van der Waals surface area contributed by atoms with E-state index >= 15 is 0 Å². The van der Waals surface area contributed by atoms with Gasteiger partial charge in [0.2, 0.25) is 5.91 Å². The van der Waals surface area contributed by atoms with Crippen LogP contribution in [-0.2, 0) is 4.79 Å². The molecule has 0 aliphatic rings. The molecule has 1 atom stereocenters. The van der Waals surface area contributed by atoms with Crippen LogP contribution < -0.4 is 11.1 Å². The molecule has 0 aliphatic carbocycles. The van der Waals surface area contributed by atoms with Crippen LogP contribution in [0.15, 0.2) is 42.5 Å². The van der Waals surface area contributed by atoms with Gasteiger partial charge in [-0.1, -0.05) is 12.1 Å². The predicted octanol–water partition coefficient (Wildman–Crippen LogP) is 2.81. The molecule has 0 saturated heterocycles. The molecule has 0 heterocycles. The van der Waals surface area contributed by atoms with Gasteiger partial charge < -0.3 is 11.1 Å². The van der Waals surface area contributed by atoms with E-state index in [1.807, 2.05) is 0 Å². The smallest absolute Gasteiger partial charge is 0.255 e. The standard InChI is InChI=1S/C16H14F2N2O2/c1-9(15(19)21)10-2-4-14(5-3-10)20-16(22)11-6-12(17)8-13(18)7-11/h2-9H,1H3,(H2,19,21)(H,20,22). The summed E-state index contributed by atoms with van der Waals surface area (Å²) in [6.45, 7) is 1.67. The number of primary amides is 1. The zero-order valence-corrected chi connectivity index (χ0v) is 11.8. The number of anilines is 1. The average molecular weight is 304 g/mol. The highest BCUT2D eigenvalue weighted by atomic mass is 19.1. The predicted molar refractivity (Wildman–Crippen MR) is 78.4 cm³/mol. The van der Waals surface area contributed by atoms with Crippen LogP contribution in [0.1, 0.15) is 28.8 Å². The third-order valence-electron chi connectivity index (χ3n) is 3.22. The second kappa shape index (κ2) is 6.34. The molecule has 2 rings (SSSR count). The number of halogens is 2. The van der Waals surface area contributed by atoms with Crippen molar-refractivity contribution in [1.29, 1.82) is 0 Å². The molecule has 6 heteroatoms. The number of hydrogen-bond donors (Lipinski definition) is 2. The van der Waals surface area contributed by atoms with Gasteiger partial charge >= 0.3 is 0 Å². The molecule has 0 aliphatic heterocycles. The lowest BCUT2D eigenvalue weighted by Gasteiger charge is -2.10. The molecule has 2 aromatic rings. The van der Waals surface area contributed by atoms with Crippen LogP contribution in [0.3, 0.4) is 0 Å². The number of carbonyl (C=O) groups excluding carboxylic acids is 2. The first kappa shape index (κ1) is 15.6. The molecule has 0 bridgehead atoms. The fourth-order valence-corrected chi connectivity index (χ4v) is 1.91. The Morgan fingerprint density at radius 2 is 1.59 bits per heavy atom. The maximum absolute atomic E-state index is 13.1. The van der Waals surface area contributed by atoms with E-state index in [1.54, 1.807) is 31.2 Å². The molecule has 0 fully saturated rings. The van der Waals surface area contributed by atoms with Crippen molar-refractivity contribution in [2.45, 2.75) is 12.8 Å². The topological polar surface area (TPSA) is 72.2 Å². The quantitative estimate of drug-likeness (QED) is 0.911. The third-order valence-corrected chi connectivity index (χ3v) is 3.22. The highest BCUT2D eigenvalue weighted by Crippen LogP contribution is 2.18. The summed E-state index contributed by atoms with van der Waals surface area (Å²) in [7, 11) is 0. The molecular weight excluding hydrogens is 290 g/mol. The molecule has 2 aromatic carbocycles. The van der Waals surface area contributed by atoms with Crippen molar-refractivity contribution >= 4 is 17.5 Å². The van der Waals surface area contributed by atoms with E-state index < -0.39 is 29.4 Å². The number of amides is 2. The van der Waals surface area contributed by atoms with Crippen LogP contribution in [0, 0.1) is 11.6 Å². The van der Waals surface area contributed by atoms with Gasteiger partial charge in [0, 0.05) is 17.3 Å². The van der Waals surface area contributed by atoms with Gasteiger partial charge in [-0.2, -0.15) is 0 Å². The van der Waals surface area contributed by atoms with Gasteiger partial charge in [0.25, 0.3) is 5.91 Å². The Morgan fingerprint density at radius 1 is 1.05 bits per heavy atom. The molecule has 114 valence electrons. The molecule has 3 N–H and O–H groups in total. The normalized spacial score (nSPS) is 11.8. The first-order chi connectivity index (χ1) is 10.4. The lowest BCUT2D eigenvalue weighted by Crippen LogP contribution is -2.18. The van der Waals surface area contributed by atoms with Gasteiger partial charge in [0.1, 0.15) is 11.6 Å². The van der Waals surface area contributed by atoms with Crippen molar-refractivity contribution in [3.05, 3.63) is 65.2 Å². The van der Waals surface area contributed by atoms with Crippen LogP contribution in [0.5, 0.6) is 0 Å². The average Bonchev–Trinajstić information content (AvgIpc) is 2.46. The van der Waals surface area contributed by atoms with Crippen LogP contribution in [0.2, 0.25) is 0 Å². The Bertz CT molecular complexity index is 694. The van der Waals surface area contributed by atoms with Crippen molar-refractivity contribution < 1.29 is 18.4 Å². The summed E-state index contributed by atoms with van der Waals surface area (Å²) >= 11 is 0. The fourth-order valence-electron chi connectivity index (χ4n) is 1.91. The maximum atomic E-state index is 13.1. The first-order valence-corrected chi connectivity index (χ1v) is 6.53. The first-order valence-electron chi connectivity index (χ1n) is 6.53. The van der Waals surface area contributed by atoms with Gasteiger partial charge in [-0.3, -0.25) is 9.59 Å². The Hall–Kier alpha value is -2.76. The number of hydrogen-bond acceptors (Lipinski definition) is 2. The minimum Gasteiger partial charge on any atom is -0.369 e. The SMILES string of the molecule is CC(C(N)=O)c1ccc(NC(=O)c2cc(F)cc(F)c2)cc1. The van der Waals surface area contributed by atoms with E-state index in [2.05, 4.69) is 5.32 Å². The highest BCUT2D eigenvalue weighted by molar-refractivity contribution is 6.04. The number of carbonyl (C=O) groups is 2. The molecule has 0 radical (unpaired) electrons. The zero-order valence-electron chi connectivity index (χ0n) is 11.8. The van der Waals surface area contributed by atoms with Crippen molar-refractivity contribution in [1.82, 2.24) is 0 Å². The number of nitrogens with one attached hydrogen (secondary N) is 1. The summed E-state index contributed by atoms with van der Waals surface area (Å²) in [5.41, 5.74) is 6.24. The van der Waals surface area contributed by atoms with Gasteiger partial charge in [0.05, 0.1) is 5.92 Å². The summed E-state index contributed by atoms with van der Waals surface area (Å²) in [5, 5.41) is 2.52. The monoisotopic (exact) mass is 304 g/mol. The Kier molecular flexibility index (Phi) is 4.50. The van der Waals surface area contributed by atoms with Gasteiger partial charge in [-0.25, -0.2) is 8.78 Å². The van der Waals surface area contributed by atoms with Crippen molar-refractivity contribution in [2.75, 3.05) is 5.32 Å². The van der Waals surface area contributed by atoms with E-state index in [-0.39, 0.29) is 5.56 Å². The second-order valence-corrected chi connectivity index (χ2v) is 4.86. The van der Waals surface area contributed by atoms with Crippen LogP contribution in [0.25, 0.3) is 0 Å². The molecule has 1 unspecified atom stereocenters. The van der Waals surface area contributed by atoms with Crippen molar-refractivity contribution in [3.63, 3.8) is 0 Å². The Balaban J connectivity index is 2.13. The molecule has 0 saturated carbocycles. The summed E-state index contributed by atoms with van der Waals surface area (Å²) in [6, 6.07) is 9.06. The van der Waals surface area contributed by atoms with Gasteiger partial charge in [0.15, 0.2) is 0 Å². The number of nitrogens with two attached hydrogens (primary N) is 1. The second-order valence-electron chi connectivity index (χ2n) is 4.86. The minimum atomic E-state index is -0.823. The van der Waals surface area contributed by atoms with Crippen LogP contribution in [0.4, 0.5) is 14.5 Å². The van der Waals surface area contributed by atoms with E-state index in [9.17, 15) is 18.4 Å². The summed E-state index contributed by atoms with van der Waals surface area (Å²) in [5.74, 6) is -3.17. The number of rotatable bonds is 4.